The van der Waals surface area contributed by atoms with Crippen molar-refractivity contribution in [2.24, 2.45) is 0 Å². The molecule has 5 heteroatoms. The van der Waals surface area contributed by atoms with Crippen molar-refractivity contribution in [1.82, 2.24) is 24.9 Å². The number of nitrogens with one attached hydrogen (secondary N) is 1. The number of rotatable bonds is 6. The largest absolute Gasteiger partial charge is 0.313 e. The first-order valence-corrected chi connectivity index (χ1v) is 6.48. The first-order chi connectivity index (χ1) is 8.72. The zero-order valence-electron chi connectivity index (χ0n) is 11.3. The van der Waals surface area contributed by atoms with Gasteiger partial charge in [-0.3, -0.25) is 9.36 Å². The Balaban J connectivity index is 2.05. The van der Waals surface area contributed by atoms with E-state index in [2.05, 4.69) is 48.7 Å². The van der Waals surface area contributed by atoms with Gasteiger partial charge >= 0.3 is 0 Å². The molecule has 2 rings (SSSR count). The molecule has 0 aliphatic heterocycles. The molecule has 0 saturated carbocycles. The number of nitrogens with zero attached hydrogens (tertiary/aromatic N) is 4. The summed E-state index contributed by atoms with van der Waals surface area (Å²) in [5, 5.41) is 12.1. The van der Waals surface area contributed by atoms with Crippen molar-refractivity contribution in [2.45, 2.75) is 40.4 Å². The van der Waals surface area contributed by atoms with E-state index in [0.29, 0.717) is 0 Å². The molecule has 0 spiro atoms. The lowest BCUT2D eigenvalue weighted by Gasteiger charge is -1.98. The monoisotopic (exact) mass is 247 g/mol. The Kier molecular flexibility index (Phi) is 4.15. The highest BCUT2D eigenvalue weighted by Gasteiger charge is 2.05. The Morgan fingerprint density at radius 2 is 2.06 bits per heavy atom. The first-order valence-electron chi connectivity index (χ1n) is 6.48. The van der Waals surface area contributed by atoms with E-state index in [4.69, 9.17) is 0 Å². The molecule has 0 atom stereocenters. The number of aromatic nitrogens is 4. The van der Waals surface area contributed by atoms with Crippen LogP contribution in [0.5, 0.6) is 0 Å². The molecule has 0 saturated heterocycles. The van der Waals surface area contributed by atoms with Crippen molar-refractivity contribution < 1.29 is 0 Å². The van der Waals surface area contributed by atoms with Crippen molar-refractivity contribution in [3.8, 4) is 0 Å². The molecule has 0 unspecified atom stereocenters. The van der Waals surface area contributed by atoms with Crippen LogP contribution in [0.1, 0.15) is 30.7 Å². The highest BCUT2D eigenvalue weighted by atomic mass is 15.3. The van der Waals surface area contributed by atoms with E-state index in [1.165, 1.54) is 11.1 Å². The molecule has 0 bridgehead atoms. The molecule has 1 N–H and O–H groups in total. The molecule has 5 nitrogen and oxygen atoms in total. The Hall–Kier alpha value is -1.62. The highest BCUT2D eigenvalue weighted by molar-refractivity contribution is 5.16. The van der Waals surface area contributed by atoms with Crippen LogP contribution in [0.2, 0.25) is 0 Å². The fourth-order valence-corrected chi connectivity index (χ4v) is 1.92. The van der Waals surface area contributed by atoms with E-state index in [1.54, 1.807) is 0 Å². The van der Waals surface area contributed by atoms with Gasteiger partial charge in [0.15, 0.2) is 0 Å². The van der Waals surface area contributed by atoms with E-state index >= 15 is 0 Å². The average Bonchev–Trinajstić information content (AvgIpc) is 2.94. The van der Waals surface area contributed by atoms with Gasteiger partial charge in [-0.15, -0.1) is 0 Å². The van der Waals surface area contributed by atoms with Gasteiger partial charge in [-0.1, -0.05) is 6.92 Å². The van der Waals surface area contributed by atoms with Crippen molar-refractivity contribution in [1.29, 1.82) is 0 Å². The molecule has 2 aromatic rings. The van der Waals surface area contributed by atoms with Crippen LogP contribution in [0, 0.1) is 6.92 Å². The quantitative estimate of drug-likeness (QED) is 0.843. The van der Waals surface area contributed by atoms with E-state index in [9.17, 15) is 0 Å². The van der Waals surface area contributed by atoms with Crippen LogP contribution >= 0.6 is 0 Å². The summed E-state index contributed by atoms with van der Waals surface area (Å²) in [4.78, 5) is 0. The Bertz CT molecular complexity index is 497. The maximum absolute atomic E-state index is 4.53. The van der Waals surface area contributed by atoms with E-state index in [-0.39, 0.29) is 0 Å². The van der Waals surface area contributed by atoms with Crippen LogP contribution in [-0.2, 0) is 19.6 Å². The molecule has 0 radical (unpaired) electrons. The highest BCUT2D eigenvalue weighted by Crippen LogP contribution is 2.08. The third-order valence-electron chi connectivity index (χ3n) is 2.97. The second-order valence-corrected chi connectivity index (χ2v) is 4.42. The molecule has 0 aromatic carbocycles. The summed E-state index contributed by atoms with van der Waals surface area (Å²) in [5.74, 6) is 0. The van der Waals surface area contributed by atoms with Crippen LogP contribution in [0.25, 0.3) is 0 Å². The maximum atomic E-state index is 4.53. The van der Waals surface area contributed by atoms with Gasteiger partial charge in [-0.25, -0.2) is 0 Å². The van der Waals surface area contributed by atoms with Gasteiger partial charge in [-0.2, -0.15) is 10.2 Å². The van der Waals surface area contributed by atoms with Gasteiger partial charge in [0.25, 0.3) is 0 Å². The van der Waals surface area contributed by atoms with Gasteiger partial charge in [-0.05, 0) is 20.4 Å². The molecule has 98 valence electrons. The van der Waals surface area contributed by atoms with E-state index in [0.717, 1.165) is 31.9 Å². The van der Waals surface area contributed by atoms with Crippen LogP contribution in [0.4, 0.5) is 0 Å². The third-order valence-corrected chi connectivity index (χ3v) is 2.97. The van der Waals surface area contributed by atoms with E-state index in [1.807, 2.05) is 15.6 Å². The minimum absolute atomic E-state index is 0.785. The summed E-state index contributed by atoms with van der Waals surface area (Å²) in [7, 11) is 0. The van der Waals surface area contributed by atoms with Gasteiger partial charge in [0.2, 0.25) is 0 Å². The third kappa shape index (κ3) is 2.98. The van der Waals surface area contributed by atoms with Crippen molar-refractivity contribution in [3.63, 3.8) is 0 Å². The predicted molar refractivity (Wildman–Crippen MR) is 71.3 cm³/mol. The maximum Gasteiger partial charge on any atom is 0.0690 e. The normalized spacial score (nSPS) is 11.1. The molecule has 0 aliphatic carbocycles. The van der Waals surface area contributed by atoms with Crippen molar-refractivity contribution in [3.05, 3.63) is 35.4 Å². The van der Waals surface area contributed by atoms with Gasteiger partial charge in [0, 0.05) is 36.6 Å². The summed E-state index contributed by atoms with van der Waals surface area (Å²) >= 11 is 0. The fraction of sp³-hybridized carbons (Fsp3) is 0.538. The second-order valence-electron chi connectivity index (χ2n) is 4.42. The molecule has 18 heavy (non-hydrogen) atoms. The molecular weight excluding hydrogens is 226 g/mol. The summed E-state index contributed by atoms with van der Waals surface area (Å²) in [6.07, 6.45) is 6.09. The minimum atomic E-state index is 0.785. The molecule has 2 aromatic heterocycles. The topological polar surface area (TPSA) is 47.7 Å². The summed E-state index contributed by atoms with van der Waals surface area (Å²) < 4.78 is 3.92. The van der Waals surface area contributed by atoms with Crippen LogP contribution in [0.15, 0.2) is 18.6 Å². The lowest BCUT2D eigenvalue weighted by atomic mass is 10.2. The molecule has 0 aliphatic rings. The fourth-order valence-electron chi connectivity index (χ4n) is 1.92. The standard InChI is InChI=1S/C13H21N5/c1-4-14-7-13-10-18(16-11(13)3)9-12-6-15-17(5-2)8-12/h6,8,10,14H,4-5,7,9H2,1-3H3. The smallest absolute Gasteiger partial charge is 0.0690 e. The first kappa shape index (κ1) is 12.8. The number of aryl methyl sites for hydroxylation is 2. The van der Waals surface area contributed by atoms with Crippen molar-refractivity contribution in [2.75, 3.05) is 6.54 Å². The van der Waals surface area contributed by atoms with Gasteiger partial charge in [0.05, 0.1) is 18.4 Å². The molecule has 2 heterocycles. The lowest BCUT2D eigenvalue weighted by Crippen LogP contribution is -2.11. The number of hydrogen-bond donors (Lipinski definition) is 1. The van der Waals surface area contributed by atoms with Crippen molar-refractivity contribution >= 4 is 0 Å². The summed E-state index contributed by atoms with van der Waals surface area (Å²) in [5.41, 5.74) is 3.55. The predicted octanol–water partition coefficient (Wildman–Crippen LogP) is 1.57. The molecular formula is C13H21N5. The summed E-state index contributed by atoms with van der Waals surface area (Å²) in [6.45, 7) is 9.81. The zero-order chi connectivity index (χ0) is 13.0. The summed E-state index contributed by atoms with van der Waals surface area (Å²) in [6, 6.07) is 0. The zero-order valence-corrected chi connectivity index (χ0v) is 11.3. The SMILES string of the molecule is CCNCc1cn(Cc2cnn(CC)c2)nc1C. The Labute approximate surface area is 108 Å². The van der Waals surface area contributed by atoms with Gasteiger partial charge in [0.1, 0.15) is 0 Å². The van der Waals surface area contributed by atoms with Crippen LogP contribution in [-0.4, -0.2) is 26.1 Å². The van der Waals surface area contributed by atoms with E-state index < -0.39 is 0 Å². The minimum Gasteiger partial charge on any atom is -0.313 e. The number of hydrogen-bond acceptors (Lipinski definition) is 3. The van der Waals surface area contributed by atoms with Crippen LogP contribution < -0.4 is 5.32 Å². The Morgan fingerprint density at radius 1 is 1.22 bits per heavy atom. The van der Waals surface area contributed by atoms with Gasteiger partial charge < -0.3 is 5.32 Å². The molecule has 0 amide bonds. The van der Waals surface area contributed by atoms with Crippen LogP contribution in [0.3, 0.4) is 0 Å². The second kappa shape index (κ2) is 5.82. The average molecular weight is 247 g/mol. The molecule has 0 fully saturated rings. The Morgan fingerprint density at radius 3 is 2.72 bits per heavy atom. The lowest BCUT2D eigenvalue weighted by molar-refractivity contribution is 0.653.